The Morgan fingerprint density at radius 2 is 0.556 bits per heavy atom. The SMILES string of the molecule is CCCCCCCCCCCCCCCC(=O)OC[C@H](COC(=O)CCCCCCCCC(C)CC)OC(=O)CCCCCCCCCCCCCCCCCCCCC(C)CC. The van der Waals surface area contributed by atoms with Crippen molar-refractivity contribution in [2.45, 2.75) is 323 Å². The highest BCUT2D eigenvalue weighted by atomic mass is 16.6. The predicted molar refractivity (Wildman–Crippen MR) is 270 cm³/mol. The Morgan fingerprint density at radius 3 is 0.825 bits per heavy atom. The Morgan fingerprint density at radius 1 is 0.317 bits per heavy atom. The maximum atomic E-state index is 12.8. The second kappa shape index (κ2) is 49.8. The van der Waals surface area contributed by atoms with Crippen LogP contribution in [0.25, 0.3) is 0 Å². The van der Waals surface area contributed by atoms with Gasteiger partial charge in [0.05, 0.1) is 0 Å². The first-order chi connectivity index (χ1) is 30.8. The molecule has 0 rings (SSSR count). The first-order valence-corrected chi connectivity index (χ1v) is 28.3. The number of hydrogen-bond donors (Lipinski definition) is 0. The average molecular weight is 892 g/mol. The number of ether oxygens (including phenoxy) is 3. The largest absolute Gasteiger partial charge is 0.462 e. The van der Waals surface area contributed by atoms with Crippen molar-refractivity contribution >= 4 is 17.9 Å². The monoisotopic (exact) mass is 891 g/mol. The van der Waals surface area contributed by atoms with Crippen LogP contribution in [0.5, 0.6) is 0 Å². The van der Waals surface area contributed by atoms with Crippen molar-refractivity contribution in [3.63, 3.8) is 0 Å². The summed E-state index contributed by atoms with van der Waals surface area (Å²) in [5.41, 5.74) is 0. The van der Waals surface area contributed by atoms with Crippen molar-refractivity contribution in [2.24, 2.45) is 11.8 Å². The summed E-state index contributed by atoms with van der Waals surface area (Å²) in [4.78, 5) is 38.0. The van der Waals surface area contributed by atoms with Crippen LogP contribution in [0.4, 0.5) is 0 Å². The zero-order valence-corrected chi connectivity index (χ0v) is 43.2. The van der Waals surface area contributed by atoms with Gasteiger partial charge in [0.25, 0.3) is 0 Å². The lowest BCUT2D eigenvalue weighted by atomic mass is 9.99. The van der Waals surface area contributed by atoms with Crippen LogP contribution in [-0.4, -0.2) is 37.2 Å². The van der Waals surface area contributed by atoms with Crippen LogP contribution in [0.15, 0.2) is 0 Å². The molecule has 374 valence electrons. The van der Waals surface area contributed by atoms with E-state index in [4.69, 9.17) is 14.2 Å². The van der Waals surface area contributed by atoms with E-state index >= 15 is 0 Å². The maximum absolute atomic E-state index is 12.8. The first kappa shape index (κ1) is 61.4. The van der Waals surface area contributed by atoms with Crippen molar-refractivity contribution < 1.29 is 28.6 Å². The molecule has 2 unspecified atom stereocenters. The number of carbonyl (C=O) groups is 3. The summed E-state index contributed by atoms with van der Waals surface area (Å²) in [7, 11) is 0. The Bertz CT molecular complexity index is 966. The average Bonchev–Trinajstić information content (AvgIpc) is 3.28. The quantitative estimate of drug-likeness (QED) is 0.0344. The zero-order chi connectivity index (χ0) is 46.1. The van der Waals surface area contributed by atoms with Crippen molar-refractivity contribution in [3.8, 4) is 0 Å². The number of carbonyl (C=O) groups excluding carboxylic acids is 3. The van der Waals surface area contributed by atoms with Crippen LogP contribution in [-0.2, 0) is 28.6 Å². The third-order valence-electron chi connectivity index (χ3n) is 13.7. The molecule has 0 aromatic heterocycles. The zero-order valence-electron chi connectivity index (χ0n) is 43.2. The molecule has 3 atom stereocenters. The summed E-state index contributed by atoms with van der Waals surface area (Å²) in [6, 6.07) is 0. The minimum atomic E-state index is -0.762. The molecular formula is C57H110O6. The molecule has 0 spiro atoms. The van der Waals surface area contributed by atoms with E-state index in [1.165, 1.54) is 205 Å². The predicted octanol–water partition coefficient (Wildman–Crippen LogP) is 18.5. The Hall–Kier alpha value is -1.59. The second-order valence-corrected chi connectivity index (χ2v) is 20.1. The minimum Gasteiger partial charge on any atom is -0.462 e. The highest BCUT2D eigenvalue weighted by molar-refractivity contribution is 5.71. The molecule has 6 nitrogen and oxygen atoms in total. The van der Waals surface area contributed by atoms with E-state index in [9.17, 15) is 14.4 Å². The van der Waals surface area contributed by atoms with Gasteiger partial charge in [0.15, 0.2) is 6.10 Å². The van der Waals surface area contributed by atoms with Crippen molar-refractivity contribution in [3.05, 3.63) is 0 Å². The van der Waals surface area contributed by atoms with Crippen LogP contribution >= 0.6 is 0 Å². The third kappa shape index (κ3) is 48.2. The Balaban J connectivity index is 4.21. The van der Waals surface area contributed by atoms with Gasteiger partial charge >= 0.3 is 17.9 Å². The van der Waals surface area contributed by atoms with Crippen LogP contribution < -0.4 is 0 Å². The van der Waals surface area contributed by atoms with Gasteiger partial charge in [-0.2, -0.15) is 0 Å². The third-order valence-corrected chi connectivity index (χ3v) is 13.7. The van der Waals surface area contributed by atoms with Crippen LogP contribution in [0, 0.1) is 11.8 Å². The first-order valence-electron chi connectivity index (χ1n) is 28.3. The summed E-state index contributed by atoms with van der Waals surface area (Å²) in [5, 5.41) is 0. The molecular weight excluding hydrogens is 781 g/mol. The summed E-state index contributed by atoms with van der Waals surface area (Å²) >= 11 is 0. The summed E-state index contributed by atoms with van der Waals surface area (Å²) in [6.45, 7) is 11.4. The molecule has 0 aliphatic heterocycles. The van der Waals surface area contributed by atoms with Gasteiger partial charge in [-0.05, 0) is 31.1 Å². The van der Waals surface area contributed by atoms with Gasteiger partial charge in [-0.3, -0.25) is 14.4 Å². The second-order valence-electron chi connectivity index (χ2n) is 20.1. The van der Waals surface area contributed by atoms with Crippen molar-refractivity contribution in [2.75, 3.05) is 13.2 Å². The van der Waals surface area contributed by atoms with Gasteiger partial charge in [-0.1, -0.05) is 279 Å². The van der Waals surface area contributed by atoms with Crippen molar-refractivity contribution in [1.82, 2.24) is 0 Å². The Labute approximate surface area is 393 Å². The van der Waals surface area contributed by atoms with E-state index in [2.05, 4.69) is 34.6 Å². The summed E-state index contributed by atoms with van der Waals surface area (Å²) in [6.07, 6.45) is 52.4. The molecule has 0 radical (unpaired) electrons. The van der Waals surface area contributed by atoms with Gasteiger partial charge in [0.2, 0.25) is 0 Å². The highest BCUT2D eigenvalue weighted by Gasteiger charge is 2.19. The highest BCUT2D eigenvalue weighted by Crippen LogP contribution is 2.19. The summed E-state index contributed by atoms with van der Waals surface area (Å²) in [5.74, 6) is 0.878. The van der Waals surface area contributed by atoms with Gasteiger partial charge < -0.3 is 14.2 Å². The van der Waals surface area contributed by atoms with Gasteiger partial charge in [0.1, 0.15) is 13.2 Å². The molecule has 0 aliphatic carbocycles. The maximum Gasteiger partial charge on any atom is 0.306 e. The van der Waals surface area contributed by atoms with E-state index in [1.807, 2.05) is 0 Å². The number of unbranched alkanes of at least 4 members (excludes halogenated alkanes) is 34. The standard InChI is InChI=1S/C57H110O6/c1-6-9-10-11-12-13-14-21-25-28-31-37-42-47-55(58)61-50-54(51-62-56(59)48-43-38-34-33-36-41-46-53(5)8-3)63-57(60)49-44-39-32-29-26-23-20-18-16-15-17-19-22-24-27-30-35-40-45-52(4)7-2/h52-54H,6-51H2,1-5H3/t52?,53?,54-/m1/s1. The molecule has 63 heavy (non-hydrogen) atoms. The summed E-state index contributed by atoms with van der Waals surface area (Å²) < 4.78 is 16.8. The molecule has 0 aromatic carbocycles. The van der Waals surface area contributed by atoms with Gasteiger partial charge in [0, 0.05) is 19.3 Å². The van der Waals surface area contributed by atoms with Crippen molar-refractivity contribution in [1.29, 1.82) is 0 Å². The molecule has 0 amide bonds. The number of rotatable bonds is 51. The molecule has 0 saturated carbocycles. The molecule has 0 heterocycles. The lowest BCUT2D eigenvalue weighted by Gasteiger charge is -2.18. The smallest absolute Gasteiger partial charge is 0.306 e. The van der Waals surface area contributed by atoms with Gasteiger partial charge in [-0.25, -0.2) is 0 Å². The molecule has 0 aromatic rings. The van der Waals surface area contributed by atoms with E-state index in [1.54, 1.807) is 0 Å². The number of hydrogen-bond acceptors (Lipinski definition) is 6. The van der Waals surface area contributed by atoms with E-state index in [0.717, 1.165) is 69.6 Å². The lowest BCUT2D eigenvalue weighted by Crippen LogP contribution is -2.30. The fourth-order valence-electron chi connectivity index (χ4n) is 8.63. The molecule has 0 aliphatic rings. The molecule has 0 saturated heterocycles. The van der Waals surface area contributed by atoms with E-state index in [-0.39, 0.29) is 31.1 Å². The van der Waals surface area contributed by atoms with Crippen LogP contribution in [0.2, 0.25) is 0 Å². The van der Waals surface area contributed by atoms with Gasteiger partial charge in [-0.15, -0.1) is 0 Å². The topological polar surface area (TPSA) is 78.9 Å². The molecule has 0 N–H and O–H groups in total. The minimum absolute atomic E-state index is 0.0637. The van der Waals surface area contributed by atoms with Crippen LogP contribution in [0.3, 0.4) is 0 Å². The molecule has 0 fully saturated rings. The fraction of sp³-hybridized carbons (Fsp3) is 0.947. The fourth-order valence-corrected chi connectivity index (χ4v) is 8.63. The molecule has 0 bridgehead atoms. The number of esters is 3. The van der Waals surface area contributed by atoms with E-state index < -0.39 is 6.10 Å². The molecule has 6 heteroatoms. The lowest BCUT2D eigenvalue weighted by molar-refractivity contribution is -0.167. The normalized spacial score (nSPS) is 12.9. The van der Waals surface area contributed by atoms with Crippen LogP contribution in [0.1, 0.15) is 317 Å². The Kier molecular flexibility index (Phi) is 48.6. The van der Waals surface area contributed by atoms with E-state index in [0.29, 0.717) is 19.3 Å².